The monoisotopic (exact) mass is 392 g/mol. The Morgan fingerprint density at radius 3 is 2.52 bits per heavy atom. The molecule has 0 N–H and O–H groups in total. The van der Waals surface area contributed by atoms with E-state index in [-0.39, 0.29) is 5.78 Å². The molecule has 0 radical (unpaired) electrons. The maximum atomic E-state index is 12.5. The van der Waals surface area contributed by atoms with Gasteiger partial charge in [0.1, 0.15) is 11.5 Å². The molecule has 0 saturated carbocycles. The third-order valence-electron chi connectivity index (χ3n) is 4.25. The summed E-state index contributed by atoms with van der Waals surface area (Å²) in [6.07, 6.45) is 3.16. The predicted octanol–water partition coefficient (Wildman–Crippen LogP) is 7.30. The van der Waals surface area contributed by atoms with Gasteiger partial charge in [0.15, 0.2) is 5.78 Å². The van der Waals surface area contributed by atoms with Crippen molar-refractivity contribution >= 4 is 45.8 Å². The summed E-state index contributed by atoms with van der Waals surface area (Å²) in [7, 11) is 0. The number of allylic oxidation sites excluding steroid dienone is 1. The van der Waals surface area contributed by atoms with Crippen LogP contribution < -0.4 is 0 Å². The van der Waals surface area contributed by atoms with Crippen molar-refractivity contribution in [2.45, 2.75) is 0 Å². The molecule has 0 fully saturated rings. The van der Waals surface area contributed by atoms with Crippen LogP contribution in [0.4, 0.5) is 0 Å². The minimum atomic E-state index is -0.0838. The zero-order valence-corrected chi connectivity index (χ0v) is 15.7. The molecular formula is C23H14Cl2O2. The summed E-state index contributed by atoms with van der Waals surface area (Å²) >= 11 is 12.2. The van der Waals surface area contributed by atoms with E-state index in [1.54, 1.807) is 36.4 Å². The highest BCUT2D eigenvalue weighted by Crippen LogP contribution is 2.32. The molecule has 0 aliphatic carbocycles. The number of hydrogen-bond acceptors (Lipinski definition) is 2. The Labute approximate surface area is 166 Å². The van der Waals surface area contributed by atoms with Gasteiger partial charge >= 0.3 is 0 Å². The first kappa shape index (κ1) is 17.6. The smallest absolute Gasteiger partial charge is 0.185 e. The third-order valence-corrected chi connectivity index (χ3v) is 4.82. The van der Waals surface area contributed by atoms with Gasteiger partial charge in [0.2, 0.25) is 0 Å². The molecule has 0 amide bonds. The summed E-state index contributed by atoms with van der Waals surface area (Å²) in [6, 6.07) is 22.4. The zero-order valence-electron chi connectivity index (χ0n) is 14.2. The predicted molar refractivity (Wildman–Crippen MR) is 111 cm³/mol. The average Bonchev–Trinajstić information content (AvgIpc) is 3.16. The van der Waals surface area contributed by atoms with Gasteiger partial charge in [0.25, 0.3) is 0 Å². The van der Waals surface area contributed by atoms with Crippen molar-refractivity contribution in [3.05, 3.63) is 100 Å². The van der Waals surface area contributed by atoms with Crippen molar-refractivity contribution in [3.8, 4) is 11.3 Å². The van der Waals surface area contributed by atoms with Crippen LogP contribution in [0.15, 0.2) is 83.3 Å². The highest BCUT2D eigenvalue weighted by atomic mass is 35.5. The number of carbonyl (C=O) groups excluding carboxylic acids is 1. The molecule has 0 spiro atoms. The van der Waals surface area contributed by atoms with Crippen LogP contribution in [0.3, 0.4) is 0 Å². The average molecular weight is 393 g/mol. The molecule has 0 unspecified atom stereocenters. The zero-order chi connectivity index (χ0) is 18.8. The van der Waals surface area contributed by atoms with Crippen molar-refractivity contribution in [1.29, 1.82) is 0 Å². The number of furan rings is 1. The lowest BCUT2D eigenvalue weighted by Gasteiger charge is -2.01. The largest absolute Gasteiger partial charge is 0.457 e. The van der Waals surface area contributed by atoms with Crippen molar-refractivity contribution in [2.75, 3.05) is 0 Å². The summed E-state index contributed by atoms with van der Waals surface area (Å²) in [5.41, 5.74) is 1.35. The van der Waals surface area contributed by atoms with Gasteiger partial charge in [0, 0.05) is 16.1 Å². The highest BCUT2D eigenvalue weighted by Gasteiger charge is 2.09. The van der Waals surface area contributed by atoms with E-state index in [9.17, 15) is 4.79 Å². The van der Waals surface area contributed by atoms with Crippen molar-refractivity contribution in [2.24, 2.45) is 0 Å². The fourth-order valence-electron chi connectivity index (χ4n) is 2.87. The maximum absolute atomic E-state index is 12.5. The Kier molecular flexibility index (Phi) is 4.85. The molecule has 0 saturated heterocycles. The van der Waals surface area contributed by atoms with Crippen molar-refractivity contribution in [1.82, 2.24) is 0 Å². The minimum Gasteiger partial charge on any atom is -0.457 e. The van der Waals surface area contributed by atoms with E-state index >= 15 is 0 Å². The number of ketones is 1. The molecule has 132 valence electrons. The second-order valence-corrected chi connectivity index (χ2v) is 6.93. The molecule has 0 aliphatic rings. The topological polar surface area (TPSA) is 30.2 Å². The second kappa shape index (κ2) is 7.43. The first-order valence-electron chi connectivity index (χ1n) is 8.37. The molecule has 0 atom stereocenters. The Morgan fingerprint density at radius 2 is 1.67 bits per heavy atom. The Morgan fingerprint density at radius 1 is 0.852 bits per heavy atom. The molecule has 1 aromatic heterocycles. The first-order valence-corrected chi connectivity index (χ1v) is 9.12. The van der Waals surface area contributed by atoms with Crippen LogP contribution in [0.2, 0.25) is 10.0 Å². The maximum Gasteiger partial charge on any atom is 0.185 e. The van der Waals surface area contributed by atoms with Crippen LogP contribution in [0.1, 0.15) is 16.1 Å². The van der Waals surface area contributed by atoms with Crippen LogP contribution in [-0.4, -0.2) is 5.78 Å². The molecule has 27 heavy (non-hydrogen) atoms. The summed E-state index contributed by atoms with van der Waals surface area (Å²) in [6.45, 7) is 0. The van der Waals surface area contributed by atoms with Gasteiger partial charge in [-0.1, -0.05) is 59.6 Å². The van der Waals surface area contributed by atoms with Gasteiger partial charge in [-0.2, -0.15) is 0 Å². The fourth-order valence-corrected chi connectivity index (χ4v) is 3.25. The van der Waals surface area contributed by atoms with Gasteiger partial charge < -0.3 is 4.42 Å². The molecule has 0 bridgehead atoms. The van der Waals surface area contributed by atoms with Gasteiger partial charge in [-0.3, -0.25) is 4.79 Å². The number of carbonyl (C=O) groups is 1. The summed E-state index contributed by atoms with van der Waals surface area (Å²) in [5.74, 6) is 1.08. The van der Waals surface area contributed by atoms with Gasteiger partial charge in [-0.05, 0) is 59.3 Å². The van der Waals surface area contributed by atoms with E-state index in [4.69, 9.17) is 27.6 Å². The van der Waals surface area contributed by atoms with Crippen LogP contribution in [0.5, 0.6) is 0 Å². The molecule has 3 aromatic carbocycles. The lowest BCUT2D eigenvalue weighted by Crippen LogP contribution is -1.93. The van der Waals surface area contributed by atoms with Gasteiger partial charge in [0.05, 0.1) is 5.02 Å². The van der Waals surface area contributed by atoms with Crippen LogP contribution in [0, 0.1) is 0 Å². The molecule has 2 nitrogen and oxygen atoms in total. The quantitative estimate of drug-likeness (QED) is 0.269. The summed E-state index contributed by atoms with van der Waals surface area (Å²) in [5, 5.41) is 3.27. The molecule has 1 heterocycles. The summed E-state index contributed by atoms with van der Waals surface area (Å²) < 4.78 is 5.78. The molecular weight excluding hydrogens is 379 g/mol. The molecule has 0 aliphatic heterocycles. The molecule has 4 rings (SSSR count). The van der Waals surface area contributed by atoms with Crippen molar-refractivity contribution < 1.29 is 9.21 Å². The third kappa shape index (κ3) is 3.82. The normalized spacial score (nSPS) is 11.3. The number of benzene rings is 3. The van der Waals surface area contributed by atoms with Crippen LogP contribution in [-0.2, 0) is 0 Å². The number of fused-ring (bicyclic) bond motifs is 1. The second-order valence-electron chi connectivity index (χ2n) is 6.09. The van der Waals surface area contributed by atoms with Crippen LogP contribution >= 0.6 is 23.2 Å². The number of rotatable bonds is 4. The number of hydrogen-bond donors (Lipinski definition) is 0. The fraction of sp³-hybridized carbons (Fsp3) is 0. The lowest BCUT2D eigenvalue weighted by molar-refractivity contribution is 0.104. The van der Waals surface area contributed by atoms with Gasteiger partial charge in [-0.25, -0.2) is 0 Å². The Bertz CT molecular complexity index is 1170. The van der Waals surface area contributed by atoms with E-state index < -0.39 is 0 Å². The van der Waals surface area contributed by atoms with E-state index in [1.807, 2.05) is 42.5 Å². The summed E-state index contributed by atoms with van der Waals surface area (Å²) in [4.78, 5) is 12.5. The van der Waals surface area contributed by atoms with Crippen molar-refractivity contribution in [3.63, 3.8) is 0 Å². The first-order chi connectivity index (χ1) is 13.1. The lowest BCUT2D eigenvalue weighted by atomic mass is 10.0. The number of halogens is 2. The minimum absolute atomic E-state index is 0.0838. The van der Waals surface area contributed by atoms with E-state index in [2.05, 4.69) is 0 Å². The van der Waals surface area contributed by atoms with E-state index in [0.29, 0.717) is 32.7 Å². The standard InChI is InChI=1S/C23H14Cl2O2/c24-18-7-10-21(25)20(14-18)23-12-9-19(27-23)8-11-22(26)17-6-5-15-3-1-2-4-16(15)13-17/h1-14H. The molecule has 4 heteroatoms. The van der Waals surface area contributed by atoms with E-state index in [0.717, 1.165) is 10.8 Å². The highest BCUT2D eigenvalue weighted by molar-refractivity contribution is 6.35. The molecule has 4 aromatic rings. The SMILES string of the molecule is O=C(C=Cc1ccc(-c2cc(Cl)ccc2Cl)o1)c1ccc2ccccc2c1. The van der Waals surface area contributed by atoms with E-state index in [1.165, 1.54) is 6.08 Å². The Balaban J connectivity index is 1.56. The van der Waals surface area contributed by atoms with Crippen LogP contribution in [0.25, 0.3) is 28.2 Å². The Hall–Kier alpha value is -2.81. The van der Waals surface area contributed by atoms with Gasteiger partial charge in [-0.15, -0.1) is 0 Å².